The quantitative estimate of drug-likeness (QED) is 0.877. The largest absolute Gasteiger partial charge is 0.508 e. The molecule has 0 fully saturated rings. The third-order valence-electron chi connectivity index (χ3n) is 2.07. The smallest absolute Gasteiger partial charge is 0.311 e. The predicted molar refractivity (Wildman–Crippen MR) is 56.5 cm³/mol. The van der Waals surface area contributed by atoms with E-state index in [0.717, 1.165) is 0 Å². The van der Waals surface area contributed by atoms with Crippen molar-refractivity contribution in [3.63, 3.8) is 0 Å². The highest BCUT2D eigenvalue weighted by Gasteiger charge is 2.19. The zero-order valence-electron chi connectivity index (χ0n) is 7.70. The van der Waals surface area contributed by atoms with Gasteiger partial charge < -0.3 is 10.2 Å². The Morgan fingerprint density at radius 3 is 2.64 bits per heavy atom. The highest BCUT2D eigenvalue weighted by atomic mass is 79.9. The average molecular weight is 259 g/mol. The topological polar surface area (TPSA) is 57.5 Å². The Bertz CT molecular complexity index is 349. The number of carboxylic acids is 1. The molecule has 1 rings (SSSR count). The summed E-state index contributed by atoms with van der Waals surface area (Å²) in [6, 6.07) is 4.62. The Labute approximate surface area is 90.5 Å². The lowest BCUT2D eigenvalue weighted by Crippen LogP contribution is -2.10. The number of carbonyl (C=O) groups is 1. The second-order valence-electron chi connectivity index (χ2n) is 3.00. The summed E-state index contributed by atoms with van der Waals surface area (Å²) in [4.78, 5) is 10.9. The molecular formula is C10H11BrO3. The number of rotatable bonds is 3. The highest BCUT2D eigenvalue weighted by Crippen LogP contribution is 2.30. The van der Waals surface area contributed by atoms with Crippen LogP contribution in [0, 0.1) is 0 Å². The first kappa shape index (κ1) is 11.0. The van der Waals surface area contributed by atoms with E-state index in [4.69, 9.17) is 10.2 Å². The van der Waals surface area contributed by atoms with Crippen molar-refractivity contribution in [3.05, 3.63) is 28.2 Å². The fraction of sp³-hybridized carbons (Fsp3) is 0.300. The molecule has 76 valence electrons. The lowest BCUT2D eigenvalue weighted by atomic mass is 9.97. The summed E-state index contributed by atoms with van der Waals surface area (Å²) in [6.45, 7) is 1.82. The highest BCUT2D eigenvalue weighted by molar-refractivity contribution is 9.10. The van der Waals surface area contributed by atoms with Crippen molar-refractivity contribution in [1.29, 1.82) is 0 Å². The van der Waals surface area contributed by atoms with Gasteiger partial charge in [-0.15, -0.1) is 0 Å². The van der Waals surface area contributed by atoms with Gasteiger partial charge >= 0.3 is 5.97 Å². The molecule has 1 unspecified atom stereocenters. The number of phenolic OH excluding ortho intramolecular Hbond substituents is 1. The van der Waals surface area contributed by atoms with Gasteiger partial charge in [-0.2, -0.15) is 0 Å². The SMILES string of the molecule is CCC(C(=O)O)c1ccc(O)cc1Br. The fourth-order valence-electron chi connectivity index (χ4n) is 1.33. The Balaban J connectivity index is 3.10. The van der Waals surface area contributed by atoms with Gasteiger partial charge in [-0.05, 0) is 24.1 Å². The molecule has 1 aromatic rings. The van der Waals surface area contributed by atoms with Crippen LogP contribution in [0.4, 0.5) is 0 Å². The fourth-order valence-corrected chi connectivity index (χ4v) is 1.97. The Hall–Kier alpha value is -1.03. The van der Waals surface area contributed by atoms with E-state index in [9.17, 15) is 4.79 Å². The van der Waals surface area contributed by atoms with Crippen molar-refractivity contribution in [2.24, 2.45) is 0 Å². The molecule has 0 aliphatic rings. The minimum Gasteiger partial charge on any atom is -0.508 e. The molecule has 0 heterocycles. The van der Waals surface area contributed by atoms with Crippen LogP contribution in [0.2, 0.25) is 0 Å². The van der Waals surface area contributed by atoms with Gasteiger partial charge in [0.2, 0.25) is 0 Å². The number of hydrogen-bond donors (Lipinski definition) is 2. The van der Waals surface area contributed by atoms with Crippen molar-refractivity contribution in [3.8, 4) is 5.75 Å². The van der Waals surface area contributed by atoms with Crippen molar-refractivity contribution in [2.45, 2.75) is 19.3 Å². The van der Waals surface area contributed by atoms with Gasteiger partial charge in [0, 0.05) is 4.47 Å². The molecule has 0 radical (unpaired) electrons. The number of hydrogen-bond acceptors (Lipinski definition) is 2. The zero-order valence-corrected chi connectivity index (χ0v) is 9.28. The molecule has 4 heteroatoms. The van der Waals surface area contributed by atoms with Crippen LogP contribution in [0.25, 0.3) is 0 Å². The molecule has 0 spiro atoms. The van der Waals surface area contributed by atoms with Crippen LogP contribution in [0.15, 0.2) is 22.7 Å². The van der Waals surface area contributed by atoms with Crippen LogP contribution in [-0.4, -0.2) is 16.2 Å². The van der Waals surface area contributed by atoms with Gasteiger partial charge in [0.1, 0.15) is 5.75 Å². The first-order valence-electron chi connectivity index (χ1n) is 4.27. The van der Waals surface area contributed by atoms with Gasteiger partial charge in [0.15, 0.2) is 0 Å². The van der Waals surface area contributed by atoms with Crippen LogP contribution in [0.5, 0.6) is 5.75 Å². The molecule has 0 saturated heterocycles. The maximum absolute atomic E-state index is 10.9. The van der Waals surface area contributed by atoms with Gasteiger partial charge in [-0.25, -0.2) is 0 Å². The van der Waals surface area contributed by atoms with Crippen LogP contribution in [0.1, 0.15) is 24.8 Å². The Morgan fingerprint density at radius 1 is 1.57 bits per heavy atom. The summed E-state index contributed by atoms with van der Waals surface area (Å²) in [6.07, 6.45) is 0.526. The van der Waals surface area contributed by atoms with Crippen LogP contribution in [-0.2, 0) is 4.79 Å². The molecule has 0 amide bonds. The summed E-state index contributed by atoms with van der Waals surface area (Å²) in [7, 11) is 0. The third kappa shape index (κ3) is 2.26. The van der Waals surface area contributed by atoms with Gasteiger partial charge in [-0.3, -0.25) is 4.79 Å². The number of aliphatic carboxylic acids is 1. The van der Waals surface area contributed by atoms with E-state index in [1.807, 2.05) is 6.92 Å². The van der Waals surface area contributed by atoms with Gasteiger partial charge in [-0.1, -0.05) is 28.9 Å². The molecule has 0 saturated carbocycles. The minimum absolute atomic E-state index is 0.126. The Morgan fingerprint density at radius 2 is 2.21 bits per heavy atom. The standard InChI is InChI=1S/C10H11BrO3/c1-2-7(10(13)14)8-4-3-6(12)5-9(8)11/h3-5,7,12H,2H2,1H3,(H,13,14). The lowest BCUT2D eigenvalue weighted by Gasteiger charge is -2.12. The number of aromatic hydroxyl groups is 1. The molecule has 0 aliphatic carbocycles. The van der Waals surface area contributed by atoms with Crippen molar-refractivity contribution in [1.82, 2.24) is 0 Å². The molecule has 0 aliphatic heterocycles. The van der Waals surface area contributed by atoms with E-state index >= 15 is 0 Å². The molecule has 0 bridgehead atoms. The zero-order chi connectivity index (χ0) is 10.7. The number of phenols is 1. The molecule has 14 heavy (non-hydrogen) atoms. The first-order valence-corrected chi connectivity index (χ1v) is 5.06. The summed E-state index contributed by atoms with van der Waals surface area (Å²) >= 11 is 3.23. The maximum Gasteiger partial charge on any atom is 0.311 e. The van der Waals surface area contributed by atoms with E-state index in [2.05, 4.69) is 15.9 Å². The molecule has 3 nitrogen and oxygen atoms in total. The second-order valence-corrected chi connectivity index (χ2v) is 3.86. The minimum atomic E-state index is -0.848. The third-order valence-corrected chi connectivity index (χ3v) is 2.75. The normalized spacial score (nSPS) is 12.4. The summed E-state index contributed by atoms with van der Waals surface area (Å²) < 4.78 is 0.631. The molecule has 0 aromatic heterocycles. The summed E-state index contributed by atoms with van der Waals surface area (Å²) in [5.74, 6) is -1.25. The summed E-state index contributed by atoms with van der Waals surface area (Å²) in [5.41, 5.74) is 0.692. The second kappa shape index (κ2) is 4.46. The van der Waals surface area contributed by atoms with E-state index < -0.39 is 11.9 Å². The predicted octanol–water partition coefficient (Wildman–Crippen LogP) is 2.73. The van der Waals surface area contributed by atoms with Crippen LogP contribution >= 0.6 is 15.9 Å². The van der Waals surface area contributed by atoms with E-state index in [-0.39, 0.29) is 5.75 Å². The van der Waals surface area contributed by atoms with Crippen molar-refractivity contribution < 1.29 is 15.0 Å². The molecule has 2 N–H and O–H groups in total. The Kier molecular flexibility index (Phi) is 3.52. The molecule has 1 aromatic carbocycles. The lowest BCUT2D eigenvalue weighted by molar-refractivity contribution is -0.138. The average Bonchev–Trinajstić information content (AvgIpc) is 2.09. The molecule has 1 atom stereocenters. The maximum atomic E-state index is 10.9. The van der Waals surface area contributed by atoms with E-state index in [1.54, 1.807) is 6.07 Å². The van der Waals surface area contributed by atoms with Crippen molar-refractivity contribution >= 4 is 21.9 Å². The van der Waals surface area contributed by atoms with Gasteiger partial charge in [0.25, 0.3) is 0 Å². The first-order chi connectivity index (χ1) is 6.56. The van der Waals surface area contributed by atoms with E-state index in [1.165, 1.54) is 12.1 Å². The molecular weight excluding hydrogens is 248 g/mol. The van der Waals surface area contributed by atoms with Crippen LogP contribution < -0.4 is 0 Å². The van der Waals surface area contributed by atoms with Gasteiger partial charge in [0.05, 0.1) is 5.92 Å². The monoisotopic (exact) mass is 258 g/mol. The number of benzene rings is 1. The number of carboxylic acid groups (broad SMARTS) is 1. The summed E-state index contributed by atoms with van der Waals surface area (Å²) in [5, 5.41) is 18.1. The van der Waals surface area contributed by atoms with Crippen LogP contribution in [0.3, 0.4) is 0 Å². The van der Waals surface area contributed by atoms with E-state index in [0.29, 0.717) is 16.5 Å². The number of halogens is 1. The van der Waals surface area contributed by atoms with Crippen molar-refractivity contribution in [2.75, 3.05) is 0 Å².